The van der Waals surface area contributed by atoms with Gasteiger partial charge in [0.15, 0.2) is 0 Å². The molecule has 7 heteroatoms. The lowest BCUT2D eigenvalue weighted by molar-refractivity contribution is 0.0730. The number of nitrogens with two attached hydrogens (primary N) is 3. The quantitative estimate of drug-likeness (QED) is 0.532. The topological polar surface area (TPSA) is 106 Å². The van der Waals surface area contributed by atoms with Gasteiger partial charge >= 0.3 is 8.80 Å². The van der Waals surface area contributed by atoms with E-state index >= 15 is 0 Å². The highest BCUT2D eigenvalue weighted by atomic mass is 28.4. The Morgan fingerprint density at radius 1 is 0.882 bits per heavy atom. The molecule has 3 atom stereocenters. The van der Waals surface area contributed by atoms with Gasteiger partial charge in [-0.25, -0.2) is 0 Å². The van der Waals surface area contributed by atoms with E-state index in [0.29, 0.717) is 0 Å². The summed E-state index contributed by atoms with van der Waals surface area (Å²) >= 11 is 0. The normalized spacial score (nSPS) is 21.7. The molecule has 0 heterocycles. The van der Waals surface area contributed by atoms with Crippen molar-refractivity contribution in [2.24, 2.45) is 22.6 Å². The lowest BCUT2D eigenvalue weighted by atomic mass is 9.77. The molecule has 0 aliphatic rings. The van der Waals surface area contributed by atoms with E-state index < -0.39 is 19.9 Å². The van der Waals surface area contributed by atoms with Crippen molar-refractivity contribution in [1.29, 1.82) is 0 Å². The van der Waals surface area contributed by atoms with Crippen molar-refractivity contribution in [3.05, 3.63) is 0 Å². The van der Waals surface area contributed by atoms with Gasteiger partial charge in [-0.05, 0) is 13.8 Å². The lowest BCUT2D eigenvalue weighted by Crippen LogP contribution is -2.71. The summed E-state index contributed by atoms with van der Waals surface area (Å²) in [7, 11) is 1.62. The Morgan fingerprint density at radius 2 is 1.18 bits per heavy atom. The molecule has 0 aliphatic carbocycles. The highest BCUT2D eigenvalue weighted by Crippen LogP contribution is 2.33. The maximum Gasteiger partial charge on any atom is 0.518 e. The average Bonchev–Trinajstić information content (AvgIpc) is 2.30. The van der Waals surface area contributed by atoms with Crippen LogP contribution in [0.15, 0.2) is 0 Å². The molecular formula is C10H27N3O3Si. The molecule has 0 aromatic carbocycles. The van der Waals surface area contributed by atoms with Crippen LogP contribution in [-0.4, -0.2) is 47.9 Å². The van der Waals surface area contributed by atoms with Crippen LogP contribution in [0, 0.1) is 5.41 Å². The number of rotatable bonds is 7. The van der Waals surface area contributed by atoms with Crippen LogP contribution < -0.4 is 17.2 Å². The summed E-state index contributed by atoms with van der Waals surface area (Å²) in [5.74, 6) is 0. The fraction of sp³-hybridized carbons (Fsp3) is 1.00. The Labute approximate surface area is 105 Å². The third kappa shape index (κ3) is 2.87. The van der Waals surface area contributed by atoms with Gasteiger partial charge in [0.25, 0.3) is 0 Å². The fourth-order valence-corrected chi connectivity index (χ4v) is 4.54. The van der Waals surface area contributed by atoms with Gasteiger partial charge in [0.2, 0.25) is 0 Å². The van der Waals surface area contributed by atoms with Crippen molar-refractivity contribution in [2.45, 2.75) is 38.5 Å². The van der Waals surface area contributed by atoms with Gasteiger partial charge in [0.05, 0.1) is 5.67 Å². The van der Waals surface area contributed by atoms with Crippen LogP contribution in [0.3, 0.4) is 0 Å². The second kappa shape index (κ2) is 6.23. The summed E-state index contributed by atoms with van der Waals surface area (Å²) in [6.45, 7) is 5.69. The van der Waals surface area contributed by atoms with Gasteiger partial charge in [0.1, 0.15) is 0 Å². The van der Waals surface area contributed by atoms with E-state index in [1.165, 1.54) is 21.3 Å². The zero-order chi connectivity index (χ0) is 13.9. The second-order valence-corrected chi connectivity index (χ2v) is 7.69. The van der Waals surface area contributed by atoms with Gasteiger partial charge in [-0.1, -0.05) is 6.92 Å². The van der Waals surface area contributed by atoms with Gasteiger partial charge < -0.3 is 30.5 Å². The molecule has 17 heavy (non-hydrogen) atoms. The minimum atomic E-state index is -2.96. The largest absolute Gasteiger partial charge is 0.518 e. The molecule has 3 unspecified atom stereocenters. The van der Waals surface area contributed by atoms with Crippen molar-refractivity contribution < 1.29 is 13.3 Å². The molecule has 0 aromatic rings. The molecule has 0 saturated carbocycles. The van der Waals surface area contributed by atoms with Crippen molar-refractivity contribution in [2.75, 3.05) is 21.3 Å². The molecule has 0 spiro atoms. The standard InChI is InChI=1S/C10H27N3O3Si/c1-7(11)10(3,8(2)12)9(13)17(14-4,15-5)16-6/h7-9H,11-13H2,1-6H3. The predicted octanol–water partition coefficient (Wildman–Crippen LogP) is -0.568. The SMILES string of the molecule is CO[Si](OC)(OC)C(N)C(C)(C(C)N)C(C)N. The van der Waals surface area contributed by atoms with Crippen LogP contribution in [-0.2, 0) is 13.3 Å². The summed E-state index contributed by atoms with van der Waals surface area (Å²) in [5.41, 5.74) is 17.3. The fourth-order valence-electron chi connectivity index (χ4n) is 1.99. The molecule has 6 N–H and O–H groups in total. The van der Waals surface area contributed by atoms with E-state index in [9.17, 15) is 0 Å². The zero-order valence-electron chi connectivity index (χ0n) is 11.7. The highest BCUT2D eigenvalue weighted by Gasteiger charge is 2.56. The van der Waals surface area contributed by atoms with Crippen molar-refractivity contribution >= 4 is 8.80 Å². The third-order valence-corrected chi connectivity index (χ3v) is 6.96. The summed E-state index contributed by atoms with van der Waals surface area (Å²) in [4.78, 5) is 0. The van der Waals surface area contributed by atoms with E-state index in [4.69, 9.17) is 30.5 Å². The Bertz CT molecular complexity index is 219. The van der Waals surface area contributed by atoms with Crippen LogP contribution in [0.4, 0.5) is 0 Å². The van der Waals surface area contributed by atoms with Crippen LogP contribution in [0.1, 0.15) is 20.8 Å². The average molecular weight is 265 g/mol. The van der Waals surface area contributed by atoms with Gasteiger partial charge in [-0.2, -0.15) is 0 Å². The van der Waals surface area contributed by atoms with E-state index in [0.717, 1.165) is 0 Å². The molecule has 0 amide bonds. The highest BCUT2D eigenvalue weighted by molar-refractivity contribution is 6.62. The minimum Gasteiger partial charge on any atom is -0.376 e. The maximum absolute atomic E-state index is 6.29. The molecule has 0 aromatic heterocycles. The smallest absolute Gasteiger partial charge is 0.376 e. The zero-order valence-corrected chi connectivity index (χ0v) is 12.7. The first-order valence-electron chi connectivity index (χ1n) is 5.65. The van der Waals surface area contributed by atoms with Crippen molar-refractivity contribution in [3.8, 4) is 0 Å². The molecule has 0 aliphatic heterocycles. The minimum absolute atomic E-state index is 0.204. The second-order valence-electron chi connectivity index (χ2n) is 4.64. The first kappa shape index (κ1) is 17.0. The lowest BCUT2D eigenvalue weighted by Gasteiger charge is -2.46. The summed E-state index contributed by atoms with van der Waals surface area (Å²) in [6, 6.07) is -0.408. The summed E-state index contributed by atoms with van der Waals surface area (Å²) in [5, 5.41) is 0. The van der Waals surface area contributed by atoms with E-state index in [1.54, 1.807) is 0 Å². The molecule has 104 valence electrons. The molecule has 0 bridgehead atoms. The molecule has 0 fully saturated rings. The van der Waals surface area contributed by atoms with Gasteiger partial charge in [0, 0.05) is 38.8 Å². The van der Waals surface area contributed by atoms with Crippen LogP contribution in [0.5, 0.6) is 0 Å². The van der Waals surface area contributed by atoms with E-state index in [1.807, 2.05) is 20.8 Å². The molecule has 0 saturated heterocycles. The number of hydrogen-bond acceptors (Lipinski definition) is 6. The van der Waals surface area contributed by atoms with Crippen LogP contribution in [0.25, 0.3) is 0 Å². The van der Waals surface area contributed by atoms with Crippen LogP contribution in [0.2, 0.25) is 0 Å². The third-order valence-electron chi connectivity index (χ3n) is 3.87. The maximum atomic E-state index is 6.29. The Balaban J connectivity index is 5.41. The molecule has 0 radical (unpaired) electrons. The number of hydrogen-bond donors (Lipinski definition) is 3. The van der Waals surface area contributed by atoms with Crippen LogP contribution >= 0.6 is 0 Å². The van der Waals surface area contributed by atoms with Crippen molar-refractivity contribution in [1.82, 2.24) is 0 Å². The first-order chi connectivity index (χ1) is 7.72. The predicted molar refractivity (Wildman–Crippen MR) is 70.2 cm³/mol. The molecular weight excluding hydrogens is 238 g/mol. The Hall–Kier alpha value is -0.0231. The molecule has 0 rings (SSSR count). The van der Waals surface area contributed by atoms with Gasteiger partial charge in [-0.15, -0.1) is 0 Å². The van der Waals surface area contributed by atoms with Gasteiger partial charge in [-0.3, -0.25) is 0 Å². The van der Waals surface area contributed by atoms with E-state index in [-0.39, 0.29) is 12.1 Å². The Morgan fingerprint density at radius 3 is 1.35 bits per heavy atom. The Kier molecular flexibility index (Phi) is 6.23. The first-order valence-corrected chi connectivity index (χ1v) is 7.45. The summed E-state index contributed by atoms with van der Waals surface area (Å²) < 4.78 is 16.2. The monoisotopic (exact) mass is 265 g/mol. The molecule has 6 nitrogen and oxygen atoms in total. The van der Waals surface area contributed by atoms with Crippen molar-refractivity contribution in [3.63, 3.8) is 0 Å². The van der Waals surface area contributed by atoms with E-state index in [2.05, 4.69) is 0 Å². The summed E-state index contributed by atoms with van der Waals surface area (Å²) in [6.07, 6.45) is 0.